The van der Waals surface area contributed by atoms with Gasteiger partial charge in [-0.1, -0.05) is 0 Å². The summed E-state index contributed by atoms with van der Waals surface area (Å²) in [4.78, 5) is 20.0. The summed E-state index contributed by atoms with van der Waals surface area (Å²) < 4.78 is 5.52. The maximum atomic E-state index is 11.6. The van der Waals surface area contributed by atoms with Crippen molar-refractivity contribution in [2.24, 2.45) is 5.73 Å². The number of hydrogen-bond acceptors (Lipinski definition) is 5. The Balaban J connectivity index is 2.00. The van der Waals surface area contributed by atoms with E-state index >= 15 is 0 Å². The Bertz CT molecular complexity index is 657. The number of carbonyl (C=O) groups is 1. The van der Waals surface area contributed by atoms with Crippen molar-refractivity contribution >= 4 is 11.6 Å². The van der Waals surface area contributed by atoms with Gasteiger partial charge < -0.3 is 15.8 Å². The van der Waals surface area contributed by atoms with Crippen molar-refractivity contribution in [1.82, 2.24) is 9.97 Å². The Hall–Kier alpha value is -2.47. The second kappa shape index (κ2) is 5.26. The summed E-state index contributed by atoms with van der Waals surface area (Å²) in [6.45, 7) is 0.682. The van der Waals surface area contributed by atoms with Crippen LogP contribution in [0.2, 0.25) is 0 Å². The van der Waals surface area contributed by atoms with Crippen LogP contribution in [0.5, 0.6) is 5.75 Å². The molecule has 1 aromatic heterocycles. The minimum Gasteiger partial charge on any atom is -0.491 e. The van der Waals surface area contributed by atoms with E-state index in [0.29, 0.717) is 36.8 Å². The van der Waals surface area contributed by atoms with E-state index in [2.05, 4.69) is 15.3 Å². The number of carbonyl (C=O) groups excluding carboxylic acids is 1. The molecule has 0 bridgehead atoms. The van der Waals surface area contributed by atoms with E-state index in [9.17, 15) is 4.79 Å². The van der Waals surface area contributed by atoms with Crippen LogP contribution in [0.25, 0.3) is 11.3 Å². The average molecular weight is 270 g/mol. The van der Waals surface area contributed by atoms with Gasteiger partial charge in [-0.25, -0.2) is 9.97 Å². The number of nitrogens with two attached hydrogens (primary N) is 1. The molecular weight excluding hydrogens is 256 g/mol. The normalized spacial score (nSPS) is 13.9. The van der Waals surface area contributed by atoms with Crippen molar-refractivity contribution in [1.29, 1.82) is 0 Å². The number of nitrogens with zero attached hydrogens (tertiary/aromatic N) is 2. The second-order valence-electron chi connectivity index (χ2n) is 4.42. The smallest absolute Gasteiger partial charge is 0.227 e. The number of anilines is 1. The van der Waals surface area contributed by atoms with Crippen LogP contribution in [-0.4, -0.2) is 22.5 Å². The molecular formula is C14H14N4O2. The van der Waals surface area contributed by atoms with Crippen LogP contribution in [0, 0.1) is 0 Å². The third kappa shape index (κ3) is 2.46. The molecule has 6 nitrogen and oxygen atoms in total. The fraction of sp³-hybridized carbons (Fsp3) is 0.214. The van der Waals surface area contributed by atoms with Crippen molar-refractivity contribution < 1.29 is 9.53 Å². The summed E-state index contributed by atoms with van der Waals surface area (Å²) in [7, 11) is 0. The maximum absolute atomic E-state index is 11.6. The minimum absolute atomic E-state index is 0.0498. The zero-order valence-electron chi connectivity index (χ0n) is 10.8. The standard InChI is InChI=1S/C14H14N4O2/c15-8-13-16-5-3-10(17-13)9-1-2-12-11(7-9)18-14(19)4-6-20-12/h1-3,5,7H,4,6,8,15H2,(H,18,19). The molecule has 0 unspecified atom stereocenters. The predicted molar refractivity (Wildman–Crippen MR) is 74.1 cm³/mol. The first-order valence-electron chi connectivity index (χ1n) is 6.35. The molecule has 2 aromatic rings. The SMILES string of the molecule is NCc1nccc(-c2ccc3c(c2)NC(=O)CCO3)n1. The van der Waals surface area contributed by atoms with Crippen LogP contribution in [-0.2, 0) is 11.3 Å². The minimum atomic E-state index is -0.0498. The Morgan fingerprint density at radius 2 is 2.25 bits per heavy atom. The first-order chi connectivity index (χ1) is 9.76. The Labute approximate surface area is 116 Å². The van der Waals surface area contributed by atoms with E-state index in [-0.39, 0.29) is 5.91 Å². The van der Waals surface area contributed by atoms with Gasteiger partial charge in [0.05, 0.1) is 31.0 Å². The summed E-state index contributed by atoms with van der Waals surface area (Å²) in [5, 5.41) is 2.83. The van der Waals surface area contributed by atoms with E-state index < -0.39 is 0 Å². The molecule has 1 amide bonds. The topological polar surface area (TPSA) is 90.1 Å². The quantitative estimate of drug-likeness (QED) is 0.859. The molecule has 0 fully saturated rings. The molecule has 0 saturated carbocycles. The van der Waals surface area contributed by atoms with Gasteiger partial charge in [-0.2, -0.15) is 0 Å². The molecule has 20 heavy (non-hydrogen) atoms. The number of aromatic nitrogens is 2. The monoisotopic (exact) mass is 270 g/mol. The van der Waals surface area contributed by atoms with Gasteiger partial charge in [0, 0.05) is 11.8 Å². The van der Waals surface area contributed by atoms with Crippen LogP contribution in [0.4, 0.5) is 5.69 Å². The van der Waals surface area contributed by atoms with E-state index in [4.69, 9.17) is 10.5 Å². The van der Waals surface area contributed by atoms with E-state index in [1.165, 1.54) is 0 Å². The second-order valence-corrected chi connectivity index (χ2v) is 4.42. The Kier molecular flexibility index (Phi) is 3.30. The zero-order chi connectivity index (χ0) is 13.9. The van der Waals surface area contributed by atoms with Gasteiger partial charge in [-0.15, -0.1) is 0 Å². The molecule has 1 aliphatic rings. The summed E-state index contributed by atoms with van der Waals surface area (Å²) >= 11 is 0. The third-order valence-corrected chi connectivity index (χ3v) is 3.02. The van der Waals surface area contributed by atoms with Crippen LogP contribution in [0.1, 0.15) is 12.2 Å². The predicted octanol–water partition coefficient (Wildman–Crippen LogP) is 1.32. The van der Waals surface area contributed by atoms with Crippen molar-refractivity contribution in [3.63, 3.8) is 0 Å². The van der Waals surface area contributed by atoms with Gasteiger partial charge in [-0.05, 0) is 24.3 Å². The van der Waals surface area contributed by atoms with Crippen LogP contribution < -0.4 is 15.8 Å². The van der Waals surface area contributed by atoms with Crippen molar-refractivity contribution in [2.75, 3.05) is 11.9 Å². The Morgan fingerprint density at radius 3 is 3.10 bits per heavy atom. The fourth-order valence-electron chi connectivity index (χ4n) is 2.04. The lowest BCUT2D eigenvalue weighted by atomic mass is 10.1. The van der Waals surface area contributed by atoms with Gasteiger partial charge >= 0.3 is 0 Å². The fourth-order valence-corrected chi connectivity index (χ4v) is 2.04. The molecule has 0 radical (unpaired) electrons. The molecule has 0 saturated heterocycles. The first-order valence-corrected chi connectivity index (χ1v) is 6.35. The van der Waals surface area contributed by atoms with Gasteiger partial charge in [0.15, 0.2) is 0 Å². The number of nitrogens with one attached hydrogen (secondary N) is 1. The number of hydrogen-bond donors (Lipinski definition) is 2. The van der Waals surface area contributed by atoms with E-state index in [1.54, 1.807) is 12.3 Å². The van der Waals surface area contributed by atoms with E-state index in [0.717, 1.165) is 11.3 Å². The molecule has 1 aromatic carbocycles. The molecule has 0 atom stereocenters. The highest BCUT2D eigenvalue weighted by Gasteiger charge is 2.14. The van der Waals surface area contributed by atoms with Crippen molar-refractivity contribution in [3.8, 4) is 17.0 Å². The number of ether oxygens (including phenoxy) is 1. The van der Waals surface area contributed by atoms with Gasteiger partial charge in [0.1, 0.15) is 11.6 Å². The van der Waals surface area contributed by atoms with Crippen molar-refractivity contribution in [3.05, 3.63) is 36.3 Å². The zero-order valence-corrected chi connectivity index (χ0v) is 10.8. The third-order valence-electron chi connectivity index (χ3n) is 3.02. The van der Waals surface area contributed by atoms with Gasteiger partial charge in [0.25, 0.3) is 0 Å². The lowest BCUT2D eigenvalue weighted by Crippen LogP contribution is -2.10. The molecule has 6 heteroatoms. The highest BCUT2D eigenvalue weighted by Crippen LogP contribution is 2.31. The summed E-state index contributed by atoms with van der Waals surface area (Å²) in [5.74, 6) is 1.21. The largest absolute Gasteiger partial charge is 0.491 e. The van der Waals surface area contributed by atoms with Crippen LogP contribution >= 0.6 is 0 Å². The highest BCUT2D eigenvalue weighted by atomic mass is 16.5. The highest BCUT2D eigenvalue weighted by molar-refractivity contribution is 5.93. The molecule has 0 aliphatic carbocycles. The van der Waals surface area contributed by atoms with Crippen LogP contribution in [0.15, 0.2) is 30.5 Å². The Morgan fingerprint density at radius 1 is 1.35 bits per heavy atom. The molecule has 3 rings (SSSR count). The van der Waals surface area contributed by atoms with Crippen molar-refractivity contribution in [2.45, 2.75) is 13.0 Å². The van der Waals surface area contributed by atoms with E-state index in [1.807, 2.05) is 18.2 Å². The number of rotatable bonds is 2. The number of benzene rings is 1. The number of amides is 1. The van der Waals surface area contributed by atoms with Gasteiger partial charge in [-0.3, -0.25) is 4.79 Å². The molecule has 2 heterocycles. The first kappa shape index (κ1) is 12.6. The molecule has 102 valence electrons. The maximum Gasteiger partial charge on any atom is 0.227 e. The number of fused-ring (bicyclic) bond motifs is 1. The summed E-state index contributed by atoms with van der Waals surface area (Å²) in [6.07, 6.45) is 2.03. The molecule has 0 spiro atoms. The molecule has 3 N–H and O–H groups in total. The van der Waals surface area contributed by atoms with Crippen LogP contribution in [0.3, 0.4) is 0 Å². The lowest BCUT2D eigenvalue weighted by molar-refractivity contribution is -0.116. The molecule has 1 aliphatic heterocycles. The summed E-state index contributed by atoms with van der Waals surface area (Å²) in [5.41, 5.74) is 7.86. The lowest BCUT2D eigenvalue weighted by Gasteiger charge is -2.09. The van der Waals surface area contributed by atoms with Gasteiger partial charge in [0.2, 0.25) is 5.91 Å². The summed E-state index contributed by atoms with van der Waals surface area (Å²) in [6, 6.07) is 7.39. The average Bonchev–Trinajstić information content (AvgIpc) is 2.67.